The first-order valence-electron chi connectivity index (χ1n) is 9.62. The van der Waals surface area contributed by atoms with E-state index in [1.54, 1.807) is 24.3 Å². The van der Waals surface area contributed by atoms with E-state index in [1.165, 1.54) is 11.1 Å². The number of carbonyl (C=O) groups excluding carboxylic acids is 1. The second-order valence-electron chi connectivity index (χ2n) is 7.17. The van der Waals surface area contributed by atoms with Crippen molar-refractivity contribution in [1.29, 1.82) is 0 Å². The number of rotatable bonds is 7. The van der Waals surface area contributed by atoms with Gasteiger partial charge >= 0.3 is 6.61 Å². The lowest BCUT2D eigenvalue weighted by atomic mass is 9.98. The van der Waals surface area contributed by atoms with Crippen LogP contribution in [0.1, 0.15) is 22.7 Å². The van der Waals surface area contributed by atoms with Crippen molar-refractivity contribution in [2.75, 3.05) is 6.61 Å². The zero-order chi connectivity index (χ0) is 22.9. The lowest BCUT2D eigenvalue weighted by Gasteiger charge is -2.22. The van der Waals surface area contributed by atoms with E-state index >= 15 is 0 Å². The minimum Gasteiger partial charge on any atom is -0.435 e. The molecule has 8 nitrogen and oxygen atoms in total. The molecule has 11 heteroatoms. The molecule has 1 aromatic heterocycles. The monoisotopic (exact) mass is 463 g/mol. The van der Waals surface area contributed by atoms with E-state index in [4.69, 9.17) is 0 Å². The zero-order valence-corrected chi connectivity index (χ0v) is 17.5. The molecule has 1 aliphatic heterocycles. The molecule has 0 unspecified atom stereocenters. The Morgan fingerprint density at radius 1 is 1.09 bits per heavy atom. The van der Waals surface area contributed by atoms with Crippen molar-refractivity contribution >= 4 is 15.9 Å². The molecule has 2 aromatic carbocycles. The highest BCUT2D eigenvalue weighted by molar-refractivity contribution is 7.89. The Morgan fingerprint density at radius 3 is 2.38 bits per heavy atom. The van der Waals surface area contributed by atoms with Gasteiger partial charge in [0, 0.05) is 18.3 Å². The van der Waals surface area contributed by atoms with Crippen LogP contribution in [0.15, 0.2) is 65.7 Å². The number of aliphatic hydroxyl groups excluding tert-OH is 1. The largest absolute Gasteiger partial charge is 0.435 e. The van der Waals surface area contributed by atoms with Crippen LogP contribution < -0.4 is 4.74 Å². The number of carbonyl (C=O) groups is 1. The SMILES string of the molecule is O=C([C@H](CO)c1ccccc1)N1Cc2cn(S(=O)(=O)c3ccc(OC(F)F)cc3)nc2C1. The van der Waals surface area contributed by atoms with Crippen LogP contribution in [0.3, 0.4) is 0 Å². The van der Waals surface area contributed by atoms with Crippen molar-refractivity contribution in [2.24, 2.45) is 0 Å². The second kappa shape index (κ2) is 8.67. The minimum atomic E-state index is -4.04. The summed E-state index contributed by atoms with van der Waals surface area (Å²) in [6, 6.07) is 13.5. The standard InChI is InChI=1S/C21H19F2N3O5S/c22-21(23)31-16-6-8-17(9-7-16)32(29,30)26-11-15-10-25(12-19(15)24-26)20(28)18(13-27)14-4-2-1-3-5-14/h1-9,11,18,21,27H,10,12-13H2/t18-/m1/s1. The second-order valence-corrected chi connectivity index (χ2v) is 8.96. The molecule has 0 saturated carbocycles. The Balaban J connectivity index is 1.50. The number of nitrogens with zero attached hydrogens (tertiary/aromatic N) is 3. The summed E-state index contributed by atoms with van der Waals surface area (Å²) in [5.74, 6) is -1.15. The van der Waals surface area contributed by atoms with Gasteiger partial charge in [0.15, 0.2) is 0 Å². The van der Waals surface area contributed by atoms with Crippen LogP contribution in [0.2, 0.25) is 0 Å². The van der Waals surface area contributed by atoms with Crippen LogP contribution in [0.5, 0.6) is 5.75 Å². The highest BCUT2D eigenvalue weighted by atomic mass is 32.2. The summed E-state index contributed by atoms with van der Waals surface area (Å²) in [7, 11) is -4.04. The number of hydrogen-bond donors (Lipinski definition) is 1. The third kappa shape index (κ3) is 4.21. The lowest BCUT2D eigenvalue weighted by Crippen LogP contribution is -2.33. The quantitative estimate of drug-likeness (QED) is 0.577. The zero-order valence-electron chi connectivity index (χ0n) is 16.6. The Labute approximate surface area is 182 Å². The van der Waals surface area contributed by atoms with Gasteiger partial charge in [-0.1, -0.05) is 30.3 Å². The normalized spacial score (nSPS) is 14.4. The molecule has 1 amide bonds. The summed E-state index contributed by atoms with van der Waals surface area (Å²) in [6.07, 6.45) is 1.33. The summed E-state index contributed by atoms with van der Waals surface area (Å²) in [5.41, 5.74) is 1.70. The van der Waals surface area contributed by atoms with Crippen LogP contribution in [0.25, 0.3) is 0 Å². The molecule has 0 bridgehead atoms. The molecule has 1 atom stereocenters. The van der Waals surface area contributed by atoms with Gasteiger partial charge in [0.05, 0.1) is 29.7 Å². The van der Waals surface area contributed by atoms with E-state index in [-0.39, 0.29) is 36.2 Å². The first-order chi connectivity index (χ1) is 15.3. The molecule has 0 radical (unpaired) electrons. The number of benzene rings is 2. The van der Waals surface area contributed by atoms with Gasteiger partial charge in [-0.25, -0.2) is 0 Å². The number of fused-ring (bicyclic) bond motifs is 1. The first kappa shape index (κ1) is 21.9. The number of aromatic nitrogens is 2. The molecule has 32 heavy (non-hydrogen) atoms. The summed E-state index contributed by atoms with van der Waals surface area (Å²) in [4.78, 5) is 14.3. The topological polar surface area (TPSA) is 102 Å². The van der Waals surface area contributed by atoms with Crippen molar-refractivity contribution < 1.29 is 31.8 Å². The van der Waals surface area contributed by atoms with Gasteiger partial charge in [0.2, 0.25) is 5.91 Å². The maximum atomic E-state index is 12.9. The van der Waals surface area contributed by atoms with Crippen LogP contribution in [0, 0.1) is 0 Å². The Hall–Kier alpha value is -3.31. The molecule has 0 spiro atoms. The number of ether oxygens (including phenoxy) is 1. The predicted octanol–water partition coefficient (Wildman–Crippen LogP) is 2.34. The van der Waals surface area contributed by atoms with Gasteiger partial charge < -0.3 is 14.7 Å². The summed E-state index contributed by atoms with van der Waals surface area (Å²) < 4.78 is 55.2. The minimum absolute atomic E-state index is 0.112. The molecule has 2 heterocycles. The molecule has 3 aromatic rings. The number of alkyl halides is 2. The number of hydrogen-bond acceptors (Lipinski definition) is 6. The molecule has 1 aliphatic rings. The molecule has 1 N–H and O–H groups in total. The van der Waals surface area contributed by atoms with E-state index in [9.17, 15) is 27.1 Å². The highest BCUT2D eigenvalue weighted by Gasteiger charge is 2.33. The van der Waals surface area contributed by atoms with Crippen molar-refractivity contribution in [2.45, 2.75) is 30.5 Å². The fourth-order valence-electron chi connectivity index (χ4n) is 3.54. The summed E-state index contributed by atoms with van der Waals surface area (Å²) >= 11 is 0. The maximum Gasteiger partial charge on any atom is 0.387 e. The fourth-order valence-corrected chi connectivity index (χ4v) is 4.71. The number of aliphatic hydroxyl groups is 1. The highest BCUT2D eigenvalue weighted by Crippen LogP contribution is 2.28. The van der Waals surface area contributed by atoms with Gasteiger partial charge in [-0.2, -0.15) is 26.4 Å². The third-order valence-corrected chi connectivity index (χ3v) is 6.69. The average Bonchev–Trinajstić information content (AvgIpc) is 3.35. The molecular weight excluding hydrogens is 444 g/mol. The molecule has 0 fully saturated rings. The Morgan fingerprint density at radius 2 is 1.78 bits per heavy atom. The molecular formula is C21H19F2N3O5S. The van der Waals surface area contributed by atoms with Gasteiger partial charge in [-0.05, 0) is 29.8 Å². The van der Waals surface area contributed by atoms with E-state index in [0.29, 0.717) is 16.8 Å². The van der Waals surface area contributed by atoms with Crippen LogP contribution >= 0.6 is 0 Å². The Kier molecular flexibility index (Phi) is 5.94. The number of amides is 1. The van der Waals surface area contributed by atoms with Crippen molar-refractivity contribution in [3.05, 3.63) is 77.6 Å². The van der Waals surface area contributed by atoms with Gasteiger partial charge in [-0.3, -0.25) is 4.79 Å². The fraction of sp³-hybridized carbons (Fsp3) is 0.238. The average molecular weight is 463 g/mol. The molecule has 168 valence electrons. The van der Waals surface area contributed by atoms with E-state index in [1.807, 2.05) is 6.07 Å². The van der Waals surface area contributed by atoms with Crippen molar-refractivity contribution in [3.8, 4) is 5.75 Å². The van der Waals surface area contributed by atoms with Gasteiger partial charge in [0.25, 0.3) is 10.0 Å². The van der Waals surface area contributed by atoms with Crippen LogP contribution in [-0.2, 0) is 27.9 Å². The first-order valence-corrected chi connectivity index (χ1v) is 11.1. The van der Waals surface area contributed by atoms with E-state index in [2.05, 4.69) is 9.84 Å². The van der Waals surface area contributed by atoms with Crippen LogP contribution in [-0.4, -0.2) is 46.7 Å². The third-order valence-electron chi connectivity index (χ3n) is 5.15. The van der Waals surface area contributed by atoms with Crippen molar-refractivity contribution in [3.63, 3.8) is 0 Å². The Bertz CT molecular complexity index is 1190. The van der Waals surface area contributed by atoms with E-state index < -0.39 is 22.6 Å². The lowest BCUT2D eigenvalue weighted by molar-refractivity contribution is -0.134. The summed E-state index contributed by atoms with van der Waals surface area (Å²) in [5, 5.41) is 13.8. The molecule has 4 rings (SSSR count). The van der Waals surface area contributed by atoms with Crippen molar-refractivity contribution in [1.82, 2.24) is 14.1 Å². The maximum absolute atomic E-state index is 12.9. The van der Waals surface area contributed by atoms with E-state index in [0.717, 1.165) is 28.4 Å². The molecule has 0 aliphatic carbocycles. The van der Waals surface area contributed by atoms with Gasteiger partial charge in [-0.15, -0.1) is 0 Å². The molecule has 0 saturated heterocycles. The summed E-state index contributed by atoms with van der Waals surface area (Å²) in [6.45, 7) is -3.09. The predicted molar refractivity (Wildman–Crippen MR) is 108 cm³/mol. The van der Waals surface area contributed by atoms with Crippen LogP contribution in [0.4, 0.5) is 8.78 Å². The number of halogens is 2. The smallest absolute Gasteiger partial charge is 0.387 e. The van der Waals surface area contributed by atoms with Gasteiger partial charge in [0.1, 0.15) is 5.75 Å².